The highest BCUT2D eigenvalue weighted by atomic mass is 16.4. The lowest BCUT2D eigenvalue weighted by Crippen LogP contribution is -2.49. The number of carbonyl (C=O) groups excluding carboxylic acids is 1. The third-order valence-corrected chi connectivity index (χ3v) is 2.79. The number of carboxylic acids is 1. The van der Waals surface area contributed by atoms with Gasteiger partial charge >= 0.3 is 12.0 Å². The van der Waals surface area contributed by atoms with Gasteiger partial charge in [0.1, 0.15) is 6.04 Å². The highest BCUT2D eigenvalue weighted by Gasteiger charge is 2.37. The van der Waals surface area contributed by atoms with Crippen LogP contribution in [0.4, 0.5) is 4.79 Å². The van der Waals surface area contributed by atoms with Crippen LogP contribution in [-0.2, 0) is 4.79 Å². The Bertz CT molecular complexity index is 273. The van der Waals surface area contributed by atoms with E-state index in [0.29, 0.717) is 6.54 Å². The number of rotatable bonds is 7. The largest absolute Gasteiger partial charge is 0.480 e. The Morgan fingerprint density at radius 2 is 2.06 bits per heavy atom. The van der Waals surface area contributed by atoms with E-state index in [1.54, 1.807) is 0 Å². The number of carboxylic acid groups (broad SMARTS) is 1. The van der Waals surface area contributed by atoms with Crippen LogP contribution >= 0.6 is 0 Å². The minimum atomic E-state index is -0.985. The first-order chi connectivity index (χ1) is 8.10. The van der Waals surface area contributed by atoms with E-state index in [9.17, 15) is 9.59 Å². The number of urea groups is 1. The van der Waals surface area contributed by atoms with Gasteiger partial charge in [0.25, 0.3) is 0 Å². The molecule has 1 aliphatic rings. The summed E-state index contributed by atoms with van der Waals surface area (Å²) in [6.07, 6.45) is 2.48. The number of hydrogen-bond acceptors (Lipinski definition) is 3. The summed E-state index contributed by atoms with van der Waals surface area (Å²) in [5.74, 6) is -0.921. The van der Waals surface area contributed by atoms with Gasteiger partial charge in [-0.1, -0.05) is 6.92 Å². The molecule has 0 bridgehead atoms. The molecule has 3 N–H and O–H groups in total. The van der Waals surface area contributed by atoms with Gasteiger partial charge in [-0.25, -0.2) is 9.59 Å². The second kappa shape index (κ2) is 6.44. The standard InChI is InChI=1S/C11H20N2O4/c1-2-5-13(6-7-14)11(17)12-9(10(15)16)8-3-4-8/h8-9,14H,2-7H2,1H3,(H,12,17)(H,15,16). The molecule has 17 heavy (non-hydrogen) atoms. The lowest BCUT2D eigenvalue weighted by Gasteiger charge is -2.24. The molecule has 0 spiro atoms. The zero-order valence-corrected chi connectivity index (χ0v) is 10.1. The Morgan fingerprint density at radius 3 is 2.47 bits per heavy atom. The smallest absolute Gasteiger partial charge is 0.326 e. The third kappa shape index (κ3) is 4.22. The molecule has 6 nitrogen and oxygen atoms in total. The molecule has 0 aromatic rings. The third-order valence-electron chi connectivity index (χ3n) is 2.79. The normalized spacial score (nSPS) is 16.4. The molecule has 0 saturated heterocycles. The second-order valence-electron chi connectivity index (χ2n) is 4.31. The van der Waals surface area contributed by atoms with Crippen molar-refractivity contribution in [2.45, 2.75) is 32.2 Å². The zero-order chi connectivity index (χ0) is 12.8. The van der Waals surface area contributed by atoms with Gasteiger partial charge in [-0.05, 0) is 25.2 Å². The molecular weight excluding hydrogens is 224 g/mol. The minimum Gasteiger partial charge on any atom is -0.480 e. The predicted molar refractivity (Wildman–Crippen MR) is 61.6 cm³/mol. The van der Waals surface area contributed by atoms with E-state index in [2.05, 4.69) is 5.32 Å². The van der Waals surface area contributed by atoms with Gasteiger partial charge < -0.3 is 20.4 Å². The summed E-state index contributed by atoms with van der Waals surface area (Å²) in [4.78, 5) is 24.2. The molecule has 0 aliphatic heterocycles. The SMILES string of the molecule is CCCN(CCO)C(=O)NC(C(=O)O)C1CC1. The van der Waals surface area contributed by atoms with Crippen LogP contribution in [0, 0.1) is 5.92 Å². The lowest BCUT2D eigenvalue weighted by atomic mass is 10.2. The summed E-state index contributed by atoms with van der Waals surface area (Å²) in [6.45, 7) is 2.56. The fourth-order valence-corrected chi connectivity index (χ4v) is 1.74. The number of aliphatic hydroxyl groups excluding tert-OH is 1. The quantitative estimate of drug-likeness (QED) is 0.599. The van der Waals surface area contributed by atoms with Crippen LogP contribution in [0.5, 0.6) is 0 Å². The van der Waals surface area contributed by atoms with E-state index in [-0.39, 0.29) is 19.1 Å². The van der Waals surface area contributed by atoms with Gasteiger partial charge in [-0.3, -0.25) is 0 Å². The maximum atomic E-state index is 11.8. The summed E-state index contributed by atoms with van der Waals surface area (Å²) >= 11 is 0. The summed E-state index contributed by atoms with van der Waals surface area (Å²) in [5.41, 5.74) is 0. The Kier molecular flexibility index (Phi) is 5.21. The average Bonchev–Trinajstić information content (AvgIpc) is 3.08. The zero-order valence-electron chi connectivity index (χ0n) is 10.1. The molecule has 1 saturated carbocycles. The van der Waals surface area contributed by atoms with Crippen LogP contribution in [-0.4, -0.2) is 52.9 Å². The van der Waals surface area contributed by atoms with Gasteiger partial charge in [-0.2, -0.15) is 0 Å². The van der Waals surface area contributed by atoms with Crippen molar-refractivity contribution < 1.29 is 19.8 Å². The van der Waals surface area contributed by atoms with E-state index < -0.39 is 18.0 Å². The average molecular weight is 244 g/mol. The summed E-state index contributed by atoms with van der Waals surface area (Å²) in [5, 5.41) is 20.4. The van der Waals surface area contributed by atoms with Crippen molar-refractivity contribution in [3.8, 4) is 0 Å². The van der Waals surface area contributed by atoms with Crippen LogP contribution in [0.1, 0.15) is 26.2 Å². The second-order valence-corrected chi connectivity index (χ2v) is 4.31. The Labute approximate surface area is 101 Å². The number of nitrogens with zero attached hydrogens (tertiary/aromatic N) is 1. The molecule has 2 amide bonds. The summed E-state index contributed by atoms with van der Waals surface area (Å²) < 4.78 is 0. The summed E-state index contributed by atoms with van der Waals surface area (Å²) in [6, 6.07) is -1.19. The maximum Gasteiger partial charge on any atom is 0.326 e. The van der Waals surface area contributed by atoms with Crippen LogP contribution in [0.15, 0.2) is 0 Å². The number of nitrogens with one attached hydrogen (secondary N) is 1. The molecule has 1 atom stereocenters. The predicted octanol–water partition coefficient (Wildman–Crippen LogP) is 0.263. The van der Waals surface area contributed by atoms with Crippen LogP contribution in [0.2, 0.25) is 0 Å². The molecule has 1 aliphatic carbocycles. The molecule has 0 radical (unpaired) electrons. The van der Waals surface area contributed by atoms with Crippen LogP contribution in [0.25, 0.3) is 0 Å². The number of aliphatic hydroxyl groups is 1. The van der Waals surface area contributed by atoms with E-state index in [4.69, 9.17) is 10.2 Å². The van der Waals surface area contributed by atoms with Gasteiger partial charge in [0.05, 0.1) is 6.61 Å². The van der Waals surface area contributed by atoms with E-state index >= 15 is 0 Å². The van der Waals surface area contributed by atoms with Crippen molar-refractivity contribution in [2.75, 3.05) is 19.7 Å². The van der Waals surface area contributed by atoms with Crippen molar-refractivity contribution >= 4 is 12.0 Å². The molecule has 0 aromatic carbocycles. The topological polar surface area (TPSA) is 89.9 Å². The van der Waals surface area contributed by atoms with Gasteiger partial charge in [0.2, 0.25) is 0 Å². The Morgan fingerprint density at radius 1 is 1.41 bits per heavy atom. The fourth-order valence-electron chi connectivity index (χ4n) is 1.74. The highest BCUT2D eigenvalue weighted by Crippen LogP contribution is 2.32. The highest BCUT2D eigenvalue weighted by molar-refractivity contribution is 5.83. The molecular formula is C11H20N2O4. The Hall–Kier alpha value is -1.30. The molecule has 1 unspecified atom stereocenters. The molecule has 6 heteroatoms. The van der Waals surface area contributed by atoms with Crippen molar-refractivity contribution in [3.63, 3.8) is 0 Å². The monoisotopic (exact) mass is 244 g/mol. The van der Waals surface area contributed by atoms with Crippen molar-refractivity contribution in [1.29, 1.82) is 0 Å². The molecule has 1 rings (SSSR count). The van der Waals surface area contributed by atoms with Crippen LogP contribution in [0.3, 0.4) is 0 Å². The first kappa shape index (κ1) is 13.8. The number of hydrogen-bond donors (Lipinski definition) is 3. The van der Waals surface area contributed by atoms with Crippen molar-refractivity contribution in [2.24, 2.45) is 5.92 Å². The Balaban J connectivity index is 2.51. The molecule has 98 valence electrons. The maximum absolute atomic E-state index is 11.8. The number of carbonyl (C=O) groups is 2. The van der Waals surface area contributed by atoms with Gasteiger partial charge in [0.15, 0.2) is 0 Å². The minimum absolute atomic E-state index is 0.0639. The molecule has 1 fully saturated rings. The van der Waals surface area contributed by atoms with Crippen molar-refractivity contribution in [3.05, 3.63) is 0 Å². The molecule has 0 heterocycles. The molecule has 0 aromatic heterocycles. The van der Waals surface area contributed by atoms with E-state index in [1.165, 1.54) is 4.90 Å². The van der Waals surface area contributed by atoms with Gasteiger partial charge in [-0.15, -0.1) is 0 Å². The fraction of sp³-hybridized carbons (Fsp3) is 0.818. The first-order valence-electron chi connectivity index (χ1n) is 5.99. The van der Waals surface area contributed by atoms with Crippen LogP contribution < -0.4 is 5.32 Å². The number of amides is 2. The first-order valence-corrected chi connectivity index (χ1v) is 5.99. The number of aliphatic carboxylic acids is 1. The van der Waals surface area contributed by atoms with E-state index in [1.807, 2.05) is 6.92 Å². The summed E-state index contributed by atoms with van der Waals surface area (Å²) in [7, 11) is 0. The van der Waals surface area contributed by atoms with Gasteiger partial charge in [0, 0.05) is 13.1 Å². The van der Waals surface area contributed by atoms with E-state index in [0.717, 1.165) is 19.3 Å². The lowest BCUT2D eigenvalue weighted by molar-refractivity contribution is -0.139. The van der Waals surface area contributed by atoms with Crippen molar-refractivity contribution in [1.82, 2.24) is 10.2 Å².